The average molecular weight is 358 g/mol. The van der Waals surface area contributed by atoms with Gasteiger partial charge in [-0.2, -0.15) is 4.31 Å². The molecular formula is C15H22N2O6S. The van der Waals surface area contributed by atoms with E-state index in [-0.39, 0.29) is 22.6 Å². The largest absolute Gasteiger partial charge is 0.464 e. The van der Waals surface area contributed by atoms with Crippen LogP contribution in [0.3, 0.4) is 0 Å². The zero-order valence-corrected chi connectivity index (χ0v) is 14.4. The van der Waals surface area contributed by atoms with Crippen LogP contribution in [0.15, 0.2) is 17.2 Å². The van der Waals surface area contributed by atoms with Gasteiger partial charge in [0.25, 0.3) is 10.0 Å². The molecule has 24 heavy (non-hydrogen) atoms. The first kappa shape index (κ1) is 17.4. The standard InChI is InChI=1S/C15H22N2O6S/c1-16-11(15(20)23-2)3-4-14(16)24(21,22)17-7-9-5-12(18)13(19)6-10(9)8-17/h3-4,9-10,12-13,18-19H,5-8H2,1-2H3/t9-,10+,12-,13-/m0/s1. The highest BCUT2D eigenvalue weighted by Crippen LogP contribution is 2.38. The van der Waals surface area contributed by atoms with Gasteiger partial charge in [-0.25, -0.2) is 13.2 Å². The van der Waals surface area contributed by atoms with Crippen LogP contribution in [0.25, 0.3) is 0 Å². The Morgan fingerprint density at radius 3 is 2.21 bits per heavy atom. The topological polar surface area (TPSA) is 109 Å². The molecule has 2 aliphatic rings. The van der Waals surface area contributed by atoms with Crippen LogP contribution in [0.5, 0.6) is 0 Å². The Morgan fingerprint density at radius 2 is 1.71 bits per heavy atom. The molecule has 0 radical (unpaired) electrons. The maximum absolute atomic E-state index is 12.9. The van der Waals surface area contributed by atoms with Crippen molar-refractivity contribution >= 4 is 16.0 Å². The van der Waals surface area contributed by atoms with Gasteiger partial charge in [0.05, 0.1) is 19.3 Å². The fourth-order valence-electron chi connectivity index (χ4n) is 3.75. The molecule has 1 saturated carbocycles. The molecule has 1 aliphatic carbocycles. The number of carbonyl (C=O) groups is 1. The Balaban J connectivity index is 1.85. The zero-order valence-electron chi connectivity index (χ0n) is 13.6. The van der Waals surface area contributed by atoms with Crippen molar-refractivity contribution in [1.82, 2.24) is 8.87 Å². The molecule has 4 atom stereocenters. The van der Waals surface area contributed by atoms with Gasteiger partial charge in [0, 0.05) is 20.1 Å². The molecule has 0 bridgehead atoms. The van der Waals surface area contributed by atoms with Gasteiger partial charge in [-0.3, -0.25) is 0 Å². The Morgan fingerprint density at radius 1 is 1.17 bits per heavy atom. The van der Waals surface area contributed by atoms with Gasteiger partial charge in [0.2, 0.25) is 0 Å². The van der Waals surface area contributed by atoms with Crippen molar-refractivity contribution in [2.24, 2.45) is 18.9 Å². The molecule has 0 aromatic carbocycles. The maximum Gasteiger partial charge on any atom is 0.354 e. The summed E-state index contributed by atoms with van der Waals surface area (Å²) in [5.74, 6) is -0.516. The summed E-state index contributed by atoms with van der Waals surface area (Å²) >= 11 is 0. The van der Waals surface area contributed by atoms with E-state index in [1.54, 1.807) is 0 Å². The number of sulfonamides is 1. The summed E-state index contributed by atoms with van der Waals surface area (Å²) in [6, 6.07) is 2.82. The average Bonchev–Trinajstić information content (AvgIpc) is 3.11. The normalized spacial score (nSPS) is 31.0. The van der Waals surface area contributed by atoms with Crippen molar-refractivity contribution in [2.45, 2.75) is 30.1 Å². The molecular weight excluding hydrogens is 336 g/mol. The number of ether oxygens (including phenoxy) is 1. The Bertz CT molecular complexity index is 725. The van der Waals surface area contributed by atoms with Gasteiger partial charge in [0.1, 0.15) is 5.69 Å². The molecule has 8 nitrogen and oxygen atoms in total. The lowest BCUT2D eigenvalue weighted by atomic mass is 9.79. The highest BCUT2D eigenvalue weighted by molar-refractivity contribution is 7.89. The van der Waals surface area contributed by atoms with Gasteiger partial charge in [-0.05, 0) is 36.8 Å². The number of esters is 1. The van der Waals surface area contributed by atoms with E-state index in [1.807, 2.05) is 0 Å². The Labute approximate surface area is 140 Å². The number of carbonyl (C=O) groups excluding carboxylic acids is 1. The summed E-state index contributed by atoms with van der Waals surface area (Å²) in [6.45, 7) is 0.630. The van der Waals surface area contributed by atoms with E-state index in [9.17, 15) is 23.4 Å². The van der Waals surface area contributed by atoms with E-state index in [4.69, 9.17) is 0 Å². The second kappa shape index (κ2) is 6.14. The molecule has 134 valence electrons. The fraction of sp³-hybridized carbons (Fsp3) is 0.667. The van der Waals surface area contributed by atoms with Crippen LogP contribution < -0.4 is 0 Å². The first-order valence-corrected chi connectivity index (χ1v) is 9.30. The first-order chi connectivity index (χ1) is 11.3. The van der Waals surface area contributed by atoms with Crippen LogP contribution >= 0.6 is 0 Å². The molecule has 9 heteroatoms. The monoisotopic (exact) mass is 358 g/mol. The van der Waals surface area contributed by atoms with E-state index in [0.29, 0.717) is 25.9 Å². The van der Waals surface area contributed by atoms with Gasteiger partial charge in [0.15, 0.2) is 5.03 Å². The minimum Gasteiger partial charge on any atom is -0.464 e. The highest BCUT2D eigenvalue weighted by atomic mass is 32.2. The predicted molar refractivity (Wildman–Crippen MR) is 83.7 cm³/mol. The number of hydrogen-bond donors (Lipinski definition) is 2. The van der Waals surface area contributed by atoms with Crippen LogP contribution in [0.2, 0.25) is 0 Å². The van der Waals surface area contributed by atoms with Crippen LogP contribution in [-0.4, -0.2) is 65.9 Å². The summed E-state index contributed by atoms with van der Waals surface area (Å²) in [5.41, 5.74) is 0.165. The van der Waals surface area contributed by atoms with Crippen LogP contribution in [0.1, 0.15) is 23.3 Å². The Hall–Kier alpha value is -1.42. The summed E-state index contributed by atoms with van der Waals surface area (Å²) in [5, 5.41) is 19.6. The third-order valence-corrected chi connectivity index (χ3v) is 7.07. The minimum atomic E-state index is -3.76. The Kier molecular flexibility index (Phi) is 4.45. The number of fused-ring (bicyclic) bond motifs is 1. The molecule has 1 aromatic heterocycles. The summed E-state index contributed by atoms with van der Waals surface area (Å²) < 4.78 is 33.2. The molecule has 0 amide bonds. The van der Waals surface area contributed by atoms with Crippen molar-refractivity contribution in [3.05, 3.63) is 17.8 Å². The number of methoxy groups -OCH3 is 1. The van der Waals surface area contributed by atoms with E-state index >= 15 is 0 Å². The number of aliphatic hydroxyl groups is 2. The molecule has 2 fully saturated rings. The van der Waals surface area contributed by atoms with Crippen molar-refractivity contribution in [3.63, 3.8) is 0 Å². The van der Waals surface area contributed by atoms with E-state index < -0.39 is 28.2 Å². The fourth-order valence-corrected chi connectivity index (χ4v) is 5.48. The number of hydrogen-bond acceptors (Lipinski definition) is 6. The van der Waals surface area contributed by atoms with Crippen molar-refractivity contribution < 1.29 is 28.2 Å². The van der Waals surface area contributed by atoms with Crippen LogP contribution in [0, 0.1) is 11.8 Å². The third-order valence-electron chi connectivity index (χ3n) is 5.15. The molecule has 3 rings (SSSR count). The smallest absolute Gasteiger partial charge is 0.354 e. The molecule has 0 unspecified atom stereocenters. The zero-order chi connectivity index (χ0) is 17.6. The summed E-state index contributed by atoms with van der Waals surface area (Å²) in [7, 11) is -1.01. The van der Waals surface area contributed by atoms with Crippen molar-refractivity contribution in [3.8, 4) is 0 Å². The van der Waals surface area contributed by atoms with Crippen molar-refractivity contribution in [2.75, 3.05) is 20.2 Å². The SMILES string of the molecule is COC(=O)c1ccc(S(=O)(=O)N2C[C@H]3C[C@H](O)[C@@H](O)C[C@H]3C2)n1C. The number of aromatic nitrogens is 1. The van der Waals surface area contributed by atoms with Crippen LogP contribution in [0.4, 0.5) is 0 Å². The second-order valence-corrected chi connectivity index (χ2v) is 8.44. The molecule has 1 saturated heterocycles. The van der Waals surface area contributed by atoms with Gasteiger partial charge >= 0.3 is 5.97 Å². The maximum atomic E-state index is 12.9. The molecule has 1 aliphatic heterocycles. The van der Waals surface area contributed by atoms with Gasteiger partial charge in [-0.15, -0.1) is 0 Å². The molecule has 1 aromatic rings. The lowest BCUT2D eigenvalue weighted by molar-refractivity contribution is -0.0372. The number of rotatable bonds is 3. The van der Waals surface area contributed by atoms with E-state index in [0.717, 1.165) is 0 Å². The van der Waals surface area contributed by atoms with E-state index in [1.165, 1.54) is 35.2 Å². The van der Waals surface area contributed by atoms with Gasteiger partial charge < -0.3 is 19.5 Å². The third kappa shape index (κ3) is 2.75. The minimum absolute atomic E-state index is 0.0302. The summed E-state index contributed by atoms with van der Waals surface area (Å²) in [4.78, 5) is 11.7. The lowest BCUT2D eigenvalue weighted by Crippen LogP contribution is -2.38. The predicted octanol–water partition coefficient (Wildman–Crippen LogP) is -0.436. The van der Waals surface area contributed by atoms with Crippen molar-refractivity contribution in [1.29, 1.82) is 0 Å². The molecule has 0 spiro atoms. The summed E-state index contributed by atoms with van der Waals surface area (Å²) in [6.07, 6.45) is -0.790. The second-order valence-electron chi connectivity index (χ2n) is 6.56. The number of nitrogens with zero attached hydrogens (tertiary/aromatic N) is 2. The number of aliphatic hydroxyl groups excluding tert-OH is 2. The van der Waals surface area contributed by atoms with E-state index in [2.05, 4.69) is 4.74 Å². The lowest BCUT2D eigenvalue weighted by Gasteiger charge is -2.31. The first-order valence-electron chi connectivity index (χ1n) is 7.86. The quantitative estimate of drug-likeness (QED) is 0.710. The molecule has 2 heterocycles. The highest BCUT2D eigenvalue weighted by Gasteiger charge is 2.45. The van der Waals surface area contributed by atoms with Gasteiger partial charge in [-0.1, -0.05) is 0 Å². The van der Waals surface area contributed by atoms with Crippen LogP contribution in [-0.2, 0) is 21.8 Å². The molecule has 2 N–H and O–H groups in total.